The first-order chi connectivity index (χ1) is 13.1. The third-order valence-electron chi connectivity index (χ3n) is 5.81. The standard InChI is InChI=1S/C22H26N2O3/c1-15-4-6-17(23)13-18(15)21(25)24-14-22(8-2-3-9-22)16-5-7-19-20(12-16)27-11-10-26-19/h4-7,12-13H,2-3,8-11,14,23H2,1H3,(H,24,25). The number of anilines is 1. The highest BCUT2D eigenvalue weighted by molar-refractivity contribution is 5.96. The van der Waals surface area contributed by atoms with Crippen LogP contribution in [0, 0.1) is 6.92 Å². The molecule has 1 fully saturated rings. The third kappa shape index (κ3) is 3.46. The number of carbonyl (C=O) groups is 1. The SMILES string of the molecule is Cc1ccc(N)cc1C(=O)NCC1(c2ccc3c(c2)OCCO3)CCCC1. The van der Waals surface area contributed by atoms with Crippen LogP contribution in [0.25, 0.3) is 0 Å². The average Bonchev–Trinajstić information content (AvgIpc) is 3.18. The van der Waals surface area contributed by atoms with Gasteiger partial charge in [0.2, 0.25) is 0 Å². The lowest BCUT2D eigenvalue weighted by molar-refractivity contribution is 0.0942. The largest absolute Gasteiger partial charge is 0.486 e. The molecule has 0 saturated heterocycles. The Kier molecular flexibility index (Phi) is 4.68. The fraction of sp³-hybridized carbons (Fsp3) is 0.409. The zero-order chi connectivity index (χ0) is 18.9. The lowest BCUT2D eigenvalue weighted by atomic mass is 9.78. The maximum Gasteiger partial charge on any atom is 0.251 e. The number of nitrogen functional groups attached to an aromatic ring is 1. The smallest absolute Gasteiger partial charge is 0.251 e. The summed E-state index contributed by atoms with van der Waals surface area (Å²) in [5.41, 5.74) is 9.20. The zero-order valence-electron chi connectivity index (χ0n) is 15.7. The Hall–Kier alpha value is -2.69. The molecule has 0 bridgehead atoms. The Morgan fingerprint density at radius 1 is 1.07 bits per heavy atom. The predicted octanol–water partition coefficient (Wildman–Crippen LogP) is 3.59. The Morgan fingerprint density at radius 2 is 1.81 bits per heavy atom. The van der Waals surface area contributed by atoms with Gasteiger partial charge in [0.25, 0.3) is 5.91 Å². The number of nitrogens with two attached hydrogens (primary N) is 1. The monoisotopic (exact) mass is 366 g/mol. The Morgan fingerprint density at radius 3 is 2.59 bits per heavy atom. The Balaban J connectivity index is 1.56. The molecule has 5 nitrogen and oxygen atoms in total. The number of benzene rings is 2. The first-order valence-corrected chi connectivity index (χ1v) is 9.62. The van der Waals surface area contributed by atoms with E-state index in [4.69, 9.17) is 15.2 Å². The summed E-state index contributed by atoms with van der Waals surface area (Å²) in [7, 11) is 0. The van der Waals surface area contributed by atoms with E-state index in [9.17, 15) is 4.79 Å². The van der Waals surface area contributed by atoms with Crippen LogP contribution in [0.2, 0.25) is 0 Å². The van der Waals surface area contributed by atoms with Crippen molar-refractivity contribution in [3.8, 4) is 11.5 Å². The molecule has 4 rings (SSSR count). The number of hydrogen-bond donors (Lipinski definition) is 2. The van der Waals surface area contributed by atoms with Crippen molar-refractivity contribution >= 4 is 11.6 Å². The summed E-state index contributed by atoms with van der Waals surface area (Å²) < 4.78 is 11.4. The van der Waals surface area contributed by atoms with Crippen LogP contribution in [0.4, 0.5) is 5.69 Å². The lowest BCUT2D eigenvalue weighted by Crippen LogP contribution is -2.39. The van der Waals surface area contributed by atoms with Crippen molar-refractivity contribution in [1.29, 1.82) is 0 Å². The van der Waals surface area contributed by atoms with E-state index < -0.39 is 0 Å². The summed E-state index contributed by atoms with van der Waals surface area (Å²) in [5.74, 6) is 1.55. The number of fused-ring (bicyclic) bond motifs is 1. The van der Waals surface area contributed by atoms with Gasteiger partial charge in [-0.25, -0.2) is 0 Å². The molecule has 0 aromatic heterocycles. The fourth-order valence-electron chi connectivity index (χ4n) is 4.22. The van der Waals surface area contributed by atoms with Crippen LogP contribution in [0.3, 0.4) is 0 Å². The van der Waals surface area contributed by atoms with Gasteiger partial charge in [0.15, 0.2) is 11.5 Å². The van der Waals surface area contributed by atoms with Crippen molar-refractivity contribution in [3.63, 3.8) is 0 Å². The van der Waals surface area contributed by atoms with Gasteiger partial charge in [0.1, 0.15) is 13.2 Å². The van der Waals surface area contributed by atoms with Crippen LogP contribution in [0.1, 0.15) is 47.2 Å². The van der Waals surface area contributed by atoms with Crippen LogP contribution < -0.4 is 20.5 Å². The molecule has 5 heteroatoms. The van der Waals surface area contributed by atoms with Crippen LogP contribution in [0.5, 0.6) is 11.5 Å². The molecule has 27 heavy (non-hydrogen) atoms. The molecule has 1 aliphatic heterocycles. The molecule has 0 unspecified atom stereocenters. The number of rotatable bonds is 4. The Bertz CT molecular complexity index is 857. The molecule has 2 aromatic rings. The van der Waals surface area contributed by atoms with E-state index in [0.717, 1.165) is 29.9 Å². The highest BCUT2D eigenvalue weighted by Crippen LogP contribution is 2.43. The van der Waals surface area contributed by atoms with Gasteiger partial charge in [-0.1, -0.05) is 25.0 Å². The summed E-state index contributed by atoms with van der Waals surface area (Å²) >= 11 is 0. The second kappa shape index (κ2) is 7.14. The van der Waals surface area contributed by atoms with Gasteiger partial charge in [0.05, 0.1) is 0 Å². The van der Waals surface area contributed by atoms with Gasteiger partial charge in [-0.3, -0.25) is 4.79 Å². The minimum atomic E-state index is -0.0661. The highest BCUT2D eigenvalue weighted by atomic mass is 16.6. The molecular weight excluding hydrogens is 340 g/mol. The zero-order valence-corrected chi connectivity index (χ0v) is 15.7. The average molecular weight is 366 g/mol. The van der Waals surface area contributed by atoms with Gasteiger partial charge in [-0.05, 0) is 55.2 Å². The van der Waals surface area contributed by atoms with Crippen molar-refractivity contribution < 1.29 is 14.3 Å². The molecule has 2 aromatic carbocycles. The maximum atomic E-state index is 12.8. The number of nitrogens with one attached hydrogen (secondary N) is 1. The van der Waals surface area contributed by atoms with Crippen LogP contribution >= 0.6 is 0 Å². The summed E-state index contributed by atoms with van der Waals surface area (Å²) in [6.07, 6.45) is 4.45. The lowest BCUT2D eigenvalue weighted by Gasteiger charge is -2.31. The van der Waals surface area contributed by atoms with Gasteiger partial charge < -0.3 is 20.5 Å². The predicted molar refractivity (Wildman–Crippen MR) is 106 cm³/mol. The molecule has 0 spiro atoms. The summed E-state index contributed by atoms with van der Waals surface area (Å²) in [6.45, 7) is 3.71. The first kappa shape index (κ1) is 17.7. The molecular formula is C22H26N2O3. The maximum absolute atomic E-state index is 12.8. The first-order valence-electron chi connectivity index (χ1n) is 9.62. The number of amides is 1. The molecule has 0 radical (unpaired) electrons. The second-order valence-electron chi connectivity index (χ2n) is 7.60. The van der Waals surface area contributed by atoms with E-state index >= 15 is 0 Å². The third-order valence-corrected chi connectivity index (χ3v) is 5.81. The topological polar surface area (TPSA) is 73.6 Å². The number of aryl methyl sites for hydroxylation is 1. The molecule has 1 aliphatic carbocycles. The van der Waals surface area contributed by atoms with Crippen molar-refractivity contribution in [3.05, 3.63) is 53.1 Å². The quantitative estimate of drug-likeness (QED) is 0.811. The van der Waals surface area contributed by atoms with E-state index in [2.05, 4.69) is 17.4 Å². The van der Waals surface area contributed by atoms with Gasteiger partial charge in [0, 0.05) is 23.2 Å². The second-order valence-corrected chi connectivity index (χ2v) is 7.60. The highest BCUT2D eigenvalue weighted by Gasteiger charge is 2.37. The van der Waals surface area contributed by atoms with E-state index in [1.165, 1.54) is 18.4 Å². The molecule has 1 saturated carbocycles. The summed E-state index contributed by atoms with van der Waals surface area (Å²) in [4.78, 5) is 12.8. The summed E-state index contributed by atoms with van der Waals surface area (Å²) in [5, 5.41) is 3.16. The van der Waals surface area contributed by atoms with E-state index in [1.807, 2.05) is 25.1 Å². The molecule has 0 atom stereocenters. The van der Waals surface area contributed by atoms with Crippen LogP contribution in [0.15, 0.2) is 36.4 Å². The van der Waals surface area contributed by atoms with Gasteiger partial charge >= 0.3 is 0 Å². The molecule has 1 amide bonds. The van der Waals surface area contributed by atoms with Crippen molar-refractivity contribution in [2.75, 3.05) is 25.5 Å². The molecule has 142 valence electrons. The van der Waals surface area contributed by atoms with E-state index in [1.54, 1.807) is 6.07 Å². The fourth-order valence-corrected chi connectivity index (χ4v) is 4.22. The minimum absolute atomic E-state index is 0.0558. The summed E-state index contributed by atoms with van der Waals surface area (Å²) in [6, 6.07) is 11.7. The molecule has 3 N–H and O–H groups in total. The van der Waals surface area contributed by atoms with Crippen LogP contribution in [-0.2, 0) is 5.41 Å². The number of ether oxygens (including phenoxy) is 2. The van der Waals surface area contributed by atoms with E-state index in [0.29, 0.717) is 31.0 Å². The minimum Gasteiger partial charge on any atom is -0.486 e. The van der Waals surface area contributed by atoms with Crippen molar-refractivity contribution in [1.82, 2.24) is 5.32 Å². The van der Waals surface area contributed by atoms with Crippen molar-refractivity contribution in [2.45, 2.75) is 38.0 Å². The Labute approximate surface area is 159 Å². The number of hydrogen-bond acceptors (Lipinski definition) is 4. The van der Waals surface area contributed by atoms with E-state index in [-0.39, 0.29) is 11.3 Å². The van der Waals surface area contributed by atoms with Crippen molar-refractivity contribution in [2.24, 2.45) is 0 Å². The molecule has 1 heterocycles. The van der Waals surface area contributed by atoms with Gasteiger partial charge in [-0.15, -0.1) is 0 Å². The normalized spacial score (nSPS) is 17.5. The number of carbonyl (C=O) groups excluding carboxylic acids is 1. The van der Waals surface area contributed by atoms with Gasteiger partial charge in [-0.2, -0.15) is 0 Å². The molecule has 2 aliphatic rings. The van der Waals surface area contributed by atoms with Crippen LogP contribution in [-0.4, -0.2) is 25.7 Å².